The van der Waals surface area contributed by atoms with Crippen molar-refractivity contribution >= 4 is 23.4 Å². The standard InChI is InChI=1S/C22H16F4N6OS/c1-11-9-12(2)28-22(27-11)34-10-17-20(30-31-32(17)14-5-3-13(23)4-6-14)21(33)29-16-8-7-15(24)18(25)19(16)26/h3-9H,10H2,1-2H3,(H,29,33). The Morgan fingerprint density at radius 1 is 0.971 bits per heavy atom. The number of thioether (sulfide) groups is 1. The summed E-state index contributed by atoms with van der Waals surface area (Å²) in [4.78, 5) is 21.6. The first kappa shape index (κ1) is 23.4. The fraction of sp³-hybridized carbons (Fsp3) is 0.136. The summed E-state index contributed by atoms with van der Waals surface area (Å²) < 4.78 is 55.6. The minimum Gasteiger partial charge on any atom is -0.318 e. The van der Waals surface area contributed by atoms with Crippen LogP contribution >= 0.6 is 11.8 Å². The summed E-state index contributed by atoms with van der Waals surface area (Å²) in [6.07, 6.45) is 0. The third-order valence-electron chi connectivity index (χ3n) is 4.63. The Labute approximate surface area is 195 Å². The van der Waals surface area contributed by atoms with Gasteiger partial charge in [-0.1, -0.05) is 17.0 Å². The molecular weight excluding hydrogens is 472 g/mol. The lowest BCUT2D eigenvalue weighted by Crippen LogP contribution is -2.17. The lowest BCUT2D eigenvalue weighted by molar-refractivity contribution is 0.102. The van der Waals surface area contributed by atoms with E-state index in [2.05, 4.69) is 25.6 Å². The van der Waals surface area contributed by atoms with Gasteiger partial charge in [0.05, 0.1) is 17.1 Å². The van der Waals surface area contributed by atoms with Gasteiger partial charge < -0.3 is 5.32 Å². The van der Waals surface area contributed by atoms with Gasteiger partial charge in [-0.2, -0.15) is 0 Å². The van der Waals surface area contributed by atoms with Crippen LogP contribution in [-0.4, -0.2) is 30.9 Å². The number of carbonyl (C=O) groups excluding carboxylic acids is 1. The summed E-state index contributed by atoms with van der Waals surface area (Å²) in [6, 6.07) is 8.73. The first-order valence-corrected chi connectivity index (χ1v) is 10.8. The number of halogens is 4. The second kappa shape index (κ2) is 9.59. The van der Waals surface area contributed by atoms with Gasteiger partial charge in [-0.05, 0) is 56.3 Å². The van der Waals surface area contributed by atoms with E-state index < -0.39 is 34.9 Å². The summed E-state index contributed by atoms with van der Waals surface area (Å²) in [7, 11) is 0. The smallest absolute Gasteiger partial charge is 0.278 e. The Morgan fingerprint density at radius 2 is 1.65 bits per heavy atom. The third kappa shape index (κ3) is 4.91. The number of carbonyl (C=O) groups is 1. The number of amides is 1. The predicted octanol–water partition coefficient (Wildman–Crippen LogP) is 4.78. The Bertz CT molecular complexity index is 1360. The van der Waals surface area contributed by atoms with E-state index in [1.54, 1.807) is 0 Å². The average molecular weight is 488 g/mol. The minimum absolute atomic E-state index is 0.121. The summed E-state index contributed by atoms with van der Waals surface area (Å²) >= 11 is 1.20. The third-order valence-corrected chi connectivity index (χ3v) is 5.49. The second-order valence-corrected chi connectivity index (χ2v) is 8.11. The minimum atomic E-state index is -1.71. The van der Waals surface area contributed by atoms with Crippen LogP contribution < -0.4 is 5.32 Å². The van der Waals surface area contributed by atoms with Crippen LogP contribution in [0, 0.1) is 37.1 Å². The van der Waals surface area contributed by atoms with E-state index in [-0.39, 0.29) is 17.1 Å². The van der Waals surface area contributed by atoms with Crippen LogP contribution in [0.1, 0.15) is 27.6 Å². The number of nitrogens with zero attached hydrogens (tertiary/aromatic N) is 5. The molecule has 0 unspecified atom stereocenters. The summed E-state index contributed by atoms with van der Waals surface area (Å²) in [5.41, 5.74) is 1.46. The molecule has 2 aromatic heterocycles. The van der Waals surface area contributed by atoms with Gasteiger partial charge in [0, 0.05) is 17.1 Å². The Hall–Kier alpha value is -3.80. The molecule has 0 saturated heterocycles. The largest absolute Gasteiger partial charge is 0.318 e. The maximum atomic E-state index is 14.1. The maximum absolute atomic E-state index is 14.1. The van der Waals surface area contributed by atoms with Crippen molar-refractivity contribution in [3.8, 4) is 5.69 Å². The van der Waals surface area contributed by atoms with Gasteiger partial charge in [0.1, 0.15) is 5.82 Å². The second-order valence-electron chi connectivity index (χ2n) is 7.17. The van der Waals surface area contributed by atoms with E-state index >= 15 is 0 Å². The highest BCUT2D eigenvalue weighted by Crippen LogP contribution is 2.25. The van der Waals surface area contributed by atoms with Crippen molar-refractivity contribution in [1.29, 1.82) is 0 Å². The molecule has 0 atom stereocenters. The lowest BCUT2D eigenvalue weighted by Gasteiger charge is -2.10. The molecule has 4 aromatic rings. The maximum Gasteiger partial charge on any atom is 0.278 e. The first-order chi connectivity index (χ1) is 16.2. The van der Waals surface area contributed by atoms with E-state index in [0.717, 1.165) is 17.5 Å². The highest BCUT2D eigenvalue weighted by Gasteiger charge is 2.23. The molecule has 34 heavy (non-hydrogen) atoms. The van der Waals surface area contributed by atoms with Gasteiger partial charge in [0.2, 0.25) is 0 Å². The molecule has 0 aliphatic heterocycles. The Morgan fingerprint density at radius 3 is 2.32 bits per heavy atom. The Kier molecular flexibility index (Phi) is 6.59. The van der Waals surface area contributed by atoms with Crippen LogP contribution in [-0.2, 0) is 5.75 Å². The number of aromatic nitrogens is 5. The summed E-state index contributed by atoms with van der Waals surface area (Å²) in [6.45, 7) is 3.64. The van der Waals surface area contributed by atoms with E-state index in [1.807, 2.05) is 19.9 Å². The van der Waals surface area contributed by atoms with Gasteiger partial charge in [-0.15, -0.1) is 5.10 Å². The van der Waals surface area contributed by atoms with Crippen molar-refractivity contribution in [2.45, 2.75) is 24.8 Å². The molecule has 0 spiro atoms. The highest BCUT2D eigenvalue weighted by atomic mass is 32.2. The molecule has 4 rings (SSSR count). The summed E-state index contributed by atoms with van der Waals surface area (Å²) in [5, 5.41) is 10.5. The van der Waals surface area contributed by atoms with Crippen molar-refractivity contribution < 1.29 is 22.4 Å². The molecule has 174 valence electrons. The first-order valence-electron chi connectivity index (χ1n) is 9.83. The SMILES string of the molecule is Cc1cc(C)nc(SCc2c(C(=O)Nc3ccc(F)c(F)c3F)nnn2-c2ccc(F)cc2)n1. The molecule has 0 aliphatic carbocycles. The van der Waals surface area contributed by atoms with Gasteiger partial charge in [0.15, 0.2) is 28.3 Å². The zero-order valence-electron chi connectivity index (χ0n) is 17.8. The van der Waals surface area contributed by atoms with Crippen molar-refractivity contribution in [2.75, 3.05) is 5.32 Å². The fourth-order valence-electron chi connectivity index (χ4n) is 3.09. The number of rotatable bonds is 6. The van der Waals surface area contributed by atoms with Crippen LogP contribution in [0.5, 0.6) is 0 Å². The molecule has 1 amide bonds. The van der Waals surface area contributed by atoms with Crippen molar-refractivity contribution in [1.82, 2.24) is 25.0 Å². The van der Waals surface area contributed by atoms with Gasteiger partial charge in [-0.25, -0.2) is 32.2 Å². The van der Waals surface area contributed by atoms with Crippen LogP contribution in [0.4, 0.5) is 23.2 Å². The molecule has 2 aromatic carbocycles. The number of hydrogen-bond donors (Lipinski definition) is 1. The Balaban J connectivity index is 1.69. The fourth-order valence-corrected chi connectivity index (χ4v) is 4.03. The van der Waals surface area contributed by atoms with E-state index in [0.29, 0.717) is 16.9 Å². The van der Waals surface area contributed by atoms with Crippen molar-refractivity contribution in [3.05, 3.63) is 88.5 Å². The number of hydrogen-bond acceptors (Lipinski definition) is 6. The predicted molar refractivity (Wildman–Crippen MR) is 117 cm³/mol. The number of aryl methyl sites for hydroxylation is 2. The zero-order chi connectivity index (χ0) is 24.4. The highest BCUT2D eigenvalue weighted by molar-refractivity contribution is 7.98. The molecule has 0 fully saturated rings. The van der Waals surface area contributed by atoms with Crippen molar-refractivity contribution in [2.24, 2.45) is 0 Å². The van der Waals surface area contributed by atoms with Gasteiger partial charge in [-0.3, -0.25) is 4.79 Å². The van der Waals surface area contributed by atoms with Gasteiger partial charge >= 0.3 is 0 Å². The van der Waals surface area contributed by atoms with E-state index in [9.17, 15) is 22.4 Å². The molecular formula is C22H16F4N6OS. The number of anilines is 1. The lowest BCUT2D eigenvalue weighted by atomic mass is 10.2. The topological polar surface area (TPSA) is 85.6 Å². The molecule has 7 nitrogen and oxygen atoms in total. The van der Waals surface area contributed by atoms with Crippen LogP contribution in [0.15, 0.2) is 47.6 Å². The zero-order valence-corrected chi connectivity index (χ0v) is 18.6. The molecule has 0 saturated carbocycles. The van der Waals surface area contributed by atoms with Crippen LogP contribution in [0.25, 0.3) is 5.69 Å². The summed E-state index contributed by atoms with van der Waals surface area (Å²) in [5.74, 6) is -5.88. The normalized spacial score (nSPS) is 11.0. The van der Waals surface area contributed by atoms with Gasteiger partial charge in [0.25, 0.3) is 5.91 Å². The quantitative estimate of drug-likeness (QED) is 0.182. The average Bonchev–Trinajstić information content (AvgIpc) is 3.22. The molecule has 12 heteroatoms. The monoisotopic (exact) mass is 488 g/mol. The number of nitrogens with one attached hydrogen (secondary N) is 1. The molecule has 0 aliphatic rings. The van der Waals surface area contributed by atoms with E-state index in [4.69, 9.17) is 0 Å². The van der Waals surface area contributed by atoms with Crippen molar-refractivity contribution in [3.63, 3.8) is 0 Å². The van der Waals surface area contributed by atoms with Crippen LogP contribution in [0.2, 0.25) is 0 Å². The molecule has 0 radical (unpaired) electrons. The van der Waals surface area contributed by atoms with Crippen LogP contribution in [0.3, 0.4) is 0 Å². The number of benzene rings is 2. The molecule has 1 N–H and O–H groups in total. The molecule has 2 heterocycles. The molecule has 0 bridgehead atoms. The van der Waals surface area contributed by atoms with E-state index in [1.165, 1.54) is 40.7 Å².